The van der Waals surface area contributed by atoms with Gasteiger partial charge in [-0.25, -0.2) is 18.1 Å². The fourth-order valence-electron chi connectivity index (χ4n) is 2.28. The van der Waals surface area contributed by atoms with Gasteiger partial charge in [-0.1, -0.05) is 6.07 Å². The summed E-state index contributed by atoms with van der Waals surface area (Å²) in [6.07, 6.45) is 4.45. The second-order valence-electron chi connectivity index (χ2n) is 5.33. The van der Waals surface area contributed by atoms with E-state index in [1.807, 2.05) is 0 Å². The average Bonchev–Trinajstić information content (AvgIpc) is 2.48. The zero-order chi connectivity index (χ0) is 16.0. The standard InChI is InChI=1S/C14H21N3O4S/c15-13(18)3-1-2-11-4-5-14(16-10-11)22(19,20)17-12-6-8-21-9-7-12/h4-5,10,12,17H,1-3,6-9H2,(H2,15,18). The minimum absolute atomic E-state index is 0.0117. The lowest BCUT2D eigenvalue weighted by atomic mass is 10.1. The van der Waals surface area contributed by atoms with Gasteiger partial charge in [-0.05, 0) is 37.3 Å². The van der Waals surface area contributed by atoms with Gasteiger partial charge in [-0.3, -0.25) is 4.79 Å². The summed E-state index contributed by atoms with van der Waals surface area (Å²) < 4.78 is 32.3. The van der Waals surface area contributed by atoms with Crippen molar-refractivity contribution in [1.29, 1.82) is 0 Å². The number of rotatable bonds is 7. The lowest BCUT2D eigenvalue weighted by Gasteiger charge is -2.22. The third-order valence-electron chi connectivity index (χ3n) is 3.50. The summed E-state index contributed by atoms with van der Waals surface area (Å²) in [6, 6.07) is 3.10. The Balaban J connectivity index is 1.94. The Hall–Kier alpha value is -1.51. The largest absolute Gasteiger partial charge is 0.381 e. The number of carbonyl (C=O) groups excluding carboxylic acids is 1. The molecule has 0 aromatic carbocycles. The predicted octanol–water partition coefficient (Wildman–Crippen LogP) is 0.347. The third kappa shape index (κ3) is 5.04. The fraction of sp³-hybridized carbons (Fsp3) is 0.571. The number of nitrogens with zero attached hydrogens (tertiary/aromatic N) is 1. The summed E-state index contributed by atoms with van der Waals surface area (Å²) in [6.45, 7) is 1.14. The second-order valence-corrected chi connectivity index (χ2v) is 6.99. The van der Waals surface area contributed by atoms with Gasteiger partial charge in [0, 0.05) is 31.9 Å². The van der Waals surface area contributed by atoms with E-state index in [2.05, 4.69) is 9.71 Å². The molecule has 3 N–H and O–H groups in total. The van der Waals surface area contributed by atoms with Gasteiger partial charge in [0.2, 0.25) is 5.91 Å². The van der Waals surface area contributed by atoms with Gasteiger partial charge in [0.1, 0.15) is 0 Å². The molecule has 1 fully saturated rings. The van der Waals surface area contributed by atoms with Crippen LogP contribution >= 0.6 is 0 Å². The monoisotopic (exact) mass is 327 g/mol. The fourth-order valence-corrected chi connectivity index (χ4v) is 3.51. The molecule has 1 saturated heterocycles. The summed E-state index contributed by atoms with van der Waals surface area (Å²) in [7, 11) is -3.60. The van der Waals surface area contributed by atoms with Gasteiger partial charge in [-0.15, -0.1) is 0 Å². The number of ether oxygens (including phenoxy) is 1. The van der Waals surface area contributed by atoms with E-state index in [1.165, 1.54) is 12.3 Å². The number of amides is 1. The molecule has 0 spiro atoms. The molecule has 0 radical (unpaired) electrons. The maximum atomic E-state index is 12.2. The smallest absolute Gasteiger partial charge is 0.258 e. The summed E-state index contributed by atoms with van der Waals surface area (Å²) in [5.41, 5.74) is 5.96. The zero-order valence-electron chi connectivity index (χ0n) is 12.3. The van der Waals surface area contributed by atoms with E-state index in [-0.39, 0.29) is 17.0 Å². The van der Waals surface area contributed by atoms with E-state index in [0.717, 1.165) is 5.56 Å². The van der Waals surface area contributed by atoms with Crippen LogP contribution < -0.4 is 10.5 Å². The van der Waals surface area contributed by atoms with Crippen molar-refractivity contribution in [2.24, 2.45) is 5.73 Å². The van der Waals surface area contributed by atoms with Crippen LogP contribution in [0.1, 0.15) is 31.2 Å². The van der Waals surface area contributed by atoms with Crippen LogP contribution in [-0.4, -0.2) is 38.6 Å². The molecule has 0 saturated carbocycles. The first kappa shape index (κ1) is 16.9. The van der Waals surface area contributed by atoms with E-state index in [4.69, 9.17) is 10.5 Å². The molecule has 1 amide bonds. The summed E-state index contributed by atoms with van der Waals surface area (Å²) in [4.78, 5) is 14.7. The van der Waals surface area contributed by atoms with Crippen LogP contribution in [0.15, 0.2) is 23.4 Å². The molecule has 1 aromatic rings. The summed E-state index contributed by atoms with van der Waals surface area (Å²) in [5, 5.41) is 0.0117. The van der Waals surface area contributed by atoms with Crippen LogP contribution in [0.3, 0.4) is 0 Å². The number of carbonyl (C=O) groups is 1. The van der Waals surface area contributed by atoms with E-state index < -0.39 is 10.0 Å². The van der Waals surface area contributed by atoms with Gasteiger partial charge >= 0.3 is 0 Å². The number of aromatic nitrogens is 1. The van der Waals surface area contributed by atoms with Gasteiger partial charge in [-0.2, -0.15) is 0 Å². The number of aryl methyl sites for hydroxylation is 1. The van der Waals surface area contributed by atoms with Gasteiger partial charge < -0.3 is 10.5 Å². The third-order valence-corrected chi connectivity index (χ3v) is 4.94. The van der Waals surface area contributed by atoms with Crippen molar-refractivity contribution in [1.82, 2.24) is 9.71 Å². The van der Waals surface area contributed by atoms with E-state index in [9.17, 15) is 13.2 Å². The molecule has 0 unspecified atom stereocenters. The molecule has 2 rings (SSSR count). The molecule has 0 bridgehead atoms. The SMILES string of the molecule is NC(=O)CCCc1ccc(S(=O)(=O)NC2CCOCC2)nc1. The Morgan fingerprint density at radius 2 is 2.09 bits per heavy atom. The normalized spacial score (nSPS) is 16.5. The van der Waals surface area contributed by atoms with Gasteiger partial charge in [0.25, 0.3) is 10.0 Å². The highest BCUT2D eigenvalue weighted by Crippen LogP contribution is 2.13. The molecule has 1 aliphatic heterocycles. The number of nitrogens with two attached hydrogens (primary N) is 1. The molecule has 122 valence electrons. The number of sulfonamides is 1. The van der Waals surface area contributed by atoms with Gasteiger partial charge in [0.05, 0.1) is 0 Å². The van der Waals surface area contributed by atoms with Crippen LogP contribution in [0.4, 0.5) is 0 Å². The number of hydrogen-bond acceptors (Lipinski definition) is 5. The van der Waals surface area contributed by atoms with E-state index in [1.54, 1.807) is 6.07 Å². The molecular formula is C14H21N3O4S. The Bertz CT molecular complexity index is 595. The maximum absolute atomic E-state index is 12.2. The molecule has 1 aromatic heterocycles. The van der Waals surface area contributed by atoms with Crippen LogP contribution in [0.2, 0.25) is 0 Å². The molecule has 8 heteroatoms. The molecule has 1 aliphatic rings. The van der Waals surface area contributed by atoms with Crippen molar-refractivity contribution in [3.63, 3.8) is 0 Å². The highest BCUT2D eigenvalue weighted by atomic mass is 32.2. The molecule has 7 nitrogen and oxygen atoms in total. The lowest BCUT2D eigenvalue weighted by molar-refractivity contribution is -0.118. The first-order valence-corrected chi connectivity index (χ1v) is 8.79. The number of hydrogen-bond donors (Lipinski definition) is 2. The molecule has 22 heavy (non-hydrogen) atoms. The minimum atomic E-state index is -3.60. The highest BCUT2D eigenvalue weighted by Gasteiger charge is 2.22. The Morgan fingerprint density at radius 1 is 1.36 bits per heavy atom. The Labute approximate surface area is 130 Å². The van der Waals surface area contributed by atoms with Crippen molar-refractivity contribution < 1.29 is 17.9 Å². The summed E-state index contributed by atoms with van der Waals surface area (Å²) in [5.74, 6) is -0.340. The first-order chi connectivity index (χ1) is 10.5. The molecule has 0 aliphatic carbocycles. The first-order valence-electron chi connectivity index (χ1n) is 7.31. The topological polar surface area (TPSA) is 111 Å². The number of primary amides is 1. The van der Waals surface area contributed by atoms with Crippen molar-refractivity contribution in [2.45, 2.75) is 43.2 Å². The average molecular weight is 327 g/mol. The number of nitrogens with one attached hydrogen (secondary N) is 1. The Morgan fingerprint density at radius 3 is 2.68 bits per heavy atom. The highest BCUT2D eigenvalue weighted by molar-refractivity contribution is 7.89. The van der Waals surface area contributed by atoms with Crippen molar-refractivity contribution in [2.75, 3.05) is 13.2 Å². The molecular weight excluding hydrogens is 306 g/mol. The quantitative estimate of drug-likeness (QED) is 0.750. The molecule has 2 heterocycles. The van der Waals surface area contributed by atoms with Crippen LogP contribution in [0.25, 0.3) is 0 Å². The summed E-state index contributed by atoms with van der Waals surface area (Å²) >= 11 is 0. The van der Waals surface area contributed by atoms with E-state index >= 15 is 0 Å². The van der Waals surface area contributed by atoms with E-state index in [0.29, 0.717) is 45.3 Å². The molecule has 0 atom stereocenters. The number of pyridine rings is 1. The van der Waals surface area contributed by atoms with Crippen molar-refractivity contribution in [3.05, 3.63) is 23.9 Å². The lowest BCUT2D eigenvalue weighted by Crippen LogP contribution is -2.39. The Kier molecular flexibility index (Phi) is 5.87. The minimum Gasteiger partial charge on any atom is -0.381 e. The van der Waals surface area contributed by atoms with Crippen LogP contribution in [-0.2, 0) is 26.0 Å². The van der Waals surface area contributed by atoms with Crippen LogP contribution in [0.5, 0.6) is 0 Å². The second kappa shape index (κ2) is 7.66. The zero-order valence-corrected chi connectivity index (χ0v) is 13.1. The van der Waals surface area contributed by atoms with Crippen molar-refractivity contribution >= 4 is 15.9 Å². The van der Waals surface area contributed by atoms with Crippen molar-refractivity contribution in [3.8, 4) is 0 Å². The van der Waals surface area contributed by atoms with Crippen LogP contribution in [0, 0.1) is 0 Å². The van der Waals surface area contributed by atoms with Gasteiger partial charge in [0.15, 0.2) is 5.03 Å². The predicted molar refractivity (Wildman–Crippen MR) is 80.5 cm³/mol. The maximum Gasteiger partial charge on any atom is 0.258 e.